The van der Waals surface area contributed by atoms with E-state index in [0.717, 1.165) is 0 Å². The van der Waals surface area contributed by atoms with Gasteiger partial charge in [0.25, 0.3) is 0 Å². The molecular weight excluding hydrogens is 249 g/mol. The molecule has 0 aliphatic heterocycles. The number of pyridine rings is 1. The lowest BCUT2D eigenvalue weighted by molar-refractivity contribution is 0.397. The largest absolute Gasteiger partial charge is 0.481 e. The van der Waals surface area contributed by atoms with Crippen molar-refractivity contribution in [2.75, 3.05) is 7.11 Å². The van der Waals surface area contributed by atoms with Gasteiger partial charge < -0.3 is 4.74 Å². The van der Waals surface area contributed by atoms with Crippen LogP contribution in [0.3, 0.4) is 0 Å². The van der Waals surface area contributed by atoms with E-state index in [1.807, 2.05) is 0 Å². The molecular formula is C10H9BrFNO. The smallest absolute Gasteiger partial charge is 0.213 e. The van der Waals surface area contributed by atoms with Gasteiger partial charge in [0.15, 0.2) is 0 Å². The molecule has 74 valence electrons. The van der Waals surface area contributed by atoms with E-state index in [4.69, 9.17) is 4.74 Å². The van der Waals surface area contributed by atoms with Gasteiger partial charge in [0, 0.05) is 11.6 Å². The Morgan fingerprint density at radius 1 is 1.64 bits per heavy atom. The maximum absolute atomic E-state index is 13.0. The van der Waals surface area contributed by atoms with Gasteiger partial charge in [0.2, 0.25) is 5.88 Å². The van der Waals surface area contributed by atoms with Crippen LogP contribution in [-0.2, 0) is 0 Å². The molecule has 0 amide bonds. The summed E-state index contributed by atoms with van der Waals surface area (Å²) in [5, 5.41) is 0. The lowest BCUT2D eigenvalue weighted by atomic mass is 10.2. The van der Waals surface area contributed by atoms with Crippen LogP contribution in [0.25, 0.3) is 11.9 Å². The van der Waals surface area contributed by atoms with E-state index >= 15 is 0 Å². The molecule has 0 unspecified atom stereocenters. The quantitative estimate of drug-likeness (QED) is 0.828. The second-order valence-corrected chi connectivity index (χ2v) is 3.02. The van der Waals surface area contributed by atoms with E-state index in [2.05, 4.69) is 27.5 Å². The Morgan fingerprint density at radius 2 is 2.36 bits per heavy atom. The molecule has 0 fully saturated rings. The zero-order valence-corrected chi connectivity index (χ0v) is 9.21. The molecule has 2 nitrogen and oxygen atoms in total. The fraction of sp³-hybridized carbons (Fsp3) is 0.100. The van der Waals surface area contributed by atoms with Gasteiger partial charge in [-0.3, -0.25) is 0 Å². The SMILES string of the molecule is C=C(F)c1nc(OC)ccc1/C=C/Br. The van der Waals surface area contributed by atoms with E-state index < -0.39 is 5.83 Å². The molecule has 1 aromatic rings. The van der Waals surface area contributed by atoms with Crippen molar-refractivity contribution >= 4 is 27.8 Å². The number of methoxy groups -OCH3 is 1. The highest BCUT2D eigenvalue weighted by Gasteiger charge is 2.06. The summed E-state index contributed by atoms with van der Waals surface area (Å²) >= 11 is 3.11. The highest BCUT2D eigenvalue weighted by atomic mass is 79.9. The van der Waals surface area contributed by atoms with E-state index in [-0.39, 0.29) is 5.69 Å². The van der Waals surface area contributed by atoms with Crippen LogP contribution in [0.15, 0.2) is 23.7 Å². The minimum absolute atomic E-state index is 0.194. The molecule has 1 heterocycles. The molecule has 1 rings (SSSR count). The Morgan fingerprint density at radius 3 is 2.86 bits per heavy atom. The molecule has 0 aliphatic rings. The van der Waals surface area contributed by atoms with Crippen molar-refractivity contribution in [3.8, 4) is 5.88 Å². The minimum Gasteiger partial charge on any atom is -0.481 e. The lowest BCUT2D eigenvalue weighted by Crippen LogP contribution is -1.93. The fourth-order valence-electron chi connectivity index (χ4n) is 0.985. The molecule has 0 saturated heterocycles. The molecule has 0 atom stereocenters. The standard InChI is InChI=1S/C10H9BrFNO/c1-7(12)10-8(5-6-11)3-4-9(13-10)14-2/h3-6H,1H2,2H3/b6-5+. The molecule has 0 spiro atoms. The van der Waals surface area contributed by atoms with E-state index in [9.17, 15) is 4.39 Å². The lowest BCUT2D eigenvalue weighted by Gasteiger charge is -2.04. The first-order valence-electron chi connectivity index (χ1n) is 3.85. The summed E-state index contributed by atoms with van der Waals surface area (Å²) in [6.45, 7) is 3.21. The van der Waals surface area contributed by atoms with Crippen LogP contribution >= 0.6 is 15.9 Å². The first-order chi connectivity index (χ1) is 6.69. The van der Waals surface area contributed by atoms with Gasteiger partial charge in [-0.25, -0.2) is 9.37 Å². The Bertz CT molecular complexity index is 376. The molecule has 0 radical (unpaired) electrons. The minimum atomic E-state index is -0.579. The summed E-state index contributed by atoms with van der Waals surface area (Å²) in [6.07, 6.45) is 1.69. The number of nitrogens with zero attached hydrogens (tertiary/aromatic N) is 1. The maximum Gasteiger partial charge on any atom is 0.213 e. The fourth-order valence-corrected chi connectivity index (χ4v) is 1.27. The summed E-state index contributed by atoms with van der Waals surface area (Å²) in [4.78, 5) is 5.57. The zero-order valence-electron chi connectivity index (χ0n) is 7.63. The van der Waals surface area contributed by atoms with Gasteiger partial charge in [-0.1, -0.05) is 22.5 Å². The van der Waals surface area contributed by atoms with Crippen molar-refractivity contribution in [2.45, 2.75) is 0 Å². The van der Waals surface area contributed by atoms with Gasteiger partial charge in [0.1, 0.15) is 11.5 Å². The normalized spacial score (nSPS) is 10.5. The Labute approximate surface area is 90.2 Å². The van der Waals surface area contributed by atoms with Crippen LogP contribution in [0, 0.1) is 0 Å². The van der Waals surface area contributed by atoms with E-state index in [1.165, 1.54) is 7.11 Å². The average molecular weight is 258 g/mol. The number of rotatable bonds is 3. The van der Waals surface area contributed by atoms with Crippen molar-refractivity contribution in [1.29, 1.82) is 0 Å². The predicted molar refractivity (Wildman–Crippen MR) is 58.9 cm³/mol. The van der Waals surface area contributed by atoms with Crippen LogP contribution in [-0.4, -0.2) is 12.1 Å². The van der Waals surface area contributed by atoms with Crippen molar-refractivity contribution in [3.63, 3.8) is 0 Å². The highest BCUT2D eigenvalue weighted by molar-refractivity contribution is 9.11. The first-order valence-corrected chi connectivity index (χ1v) is 4.77. The predicted octanol–water partition coefficient (Wildman–Crippen LogP) is 3.40. The summed E-state index contributed by atoms with van der Waals surface area (Å²) in [6, 6.07) is 3.37. The molecule has 14 heavy (non-hydrogen) atoms. The molecule has 4 heteroatoms. The second kappa shape index (κ2) is 4.91. The zero-order chi connectivity index (χ0) is 10.6. The Hall–Kier alpha value is -1.16. The maximum atomic E-state index is 13.0. The second-order valence-electron chi connectivity index (χ2n) is 2.49. The van der Waals surface area contributed by atoms with Crippen molar-refractivity contribution in [2.24, 2.45) is 0 Å². The van der Waals surface area contributed by atoms with Gasteiger partial charge in [0.05, 0.1) is 7.11 Å². The van der Waals surface area contributed by atoms with Gasteiger partial charge in [-0.2, -0.15) is 0 Å². The van der Waals surface area contributed by atoms with Gasteiger partial charge >= 0.3 is 0 Å². The number of halogens is 2. The number of ether oxygens (including phenoxy) is 1. The summed E-state index contributed by atoms with van der Waals surface area (Å²) in [7, 11) is 1.48. The van der Waals surface area contributed by atoms with Crippen LogP contribution in [0.5, 0.6) is 5.88 Å². The summed E-state index contributed by atoms with van der Waals surface area (Å²) < 4.78 is 17.9. The third-order valence-corrected chi connectivity index (χ3v) is 1.87. The monoisotopic (exact) mass is 257 g/mol. The van der Waals surface area contributed by atoms with Crippen LogP contribution < -0.4 is 4.74 Å². The van der Waals surface area contributed by atoms with Gasteiger partial charge in [-0.15, -0.1) is 0 Å². The average Bonchev–Trinajstić information content (AvgIpc) is 2.18. The highest BCUT2D eigenvalue weighted by Crippen LogP contribution is 2.21. The van der Waals surface area contributed by atoms with Crippen molar-refractivity contribution in [1.82, 2.24) is 4.98 Å². The van der Waals surface area contributed by atoms with Crippen molar-refractivity contribution < 1.29 is 9.13 Å². The Kier molecular flexibility index (Phi) is 3.83. The van der Waals surface area contributed by atoms with Crippen LogP contribution in [0.4, 0.5) is 4.39 Å². The summed E-state index contributed by atoms with van der Waals surface area (Å²) in [5.41, 5.74) is 0.843. The van der Waals surface area contributed by atoms with Crippen molar-refractivity contribution in [3.05, 3.63) is 35.0 Å². The number of hydrogen-bond acceptors (Lipinski definition) is 2. The first kappa shape index (κ1) is 10.9. The summed E-state index contributed by atoms with van der Waals surface area (Å²) in [5.74, 6) is -0.213. The van der Waals surface area contributed by atoms with Crippen LogP contribution in [0.2, 0.25) is 0 Å². The molecule has 0 aromatic carbocycles. The number of hydrogen-bond donors (Lipinski definition) is 0. The Balaban J connectivity index is 3.23. The molecule has 0 N–H and O–H groups in total. The molecule has 0 aliphatic carbocycles. The molecule has 0 bridgehead atoms. The van der Waals surface area contributed by atoms with E-state index in [1.54, 1.807) is 23.2 Å². The third-order valence-electron chi connectivity index (χ3n) is 1.61. The van der Waals surface area contributed by atoms with E-state index in [0.29, 0.717) is 11.4 Å². The van der Waals surface area contributed by atoms with Gasteiger partial charge in [-0.05, 0) is 17.1 Å². The topological polar surface area (TPSA) is 22.1 Å². The molecule has 0 saturated carbocycles. The van der Waals surface area contributed by atoms with Crippen LogP contribution in [0.1, 0.15) is 11.3 Å². The number of aromatic nitrogens is 1. The molecule has 1 aromatic heterocycles. The third kappa shape index (κ3) is 2.42.